The second-order valence-electron chi connectivity index (χ2n) is 1.74. The monoisotopic (exact) mass is 234 g/mol. The Morgan fingerprint density at radius 1 is 1.58 bits per heavy atom. The summed E-state index contributed by atoms with van der Waals surface area (Å²) in [6.45, 7) is 2.97. The smallest absolute Gasteiger partial charge is 0.302 e. The van der Waals surface area contributed by atoms with Gasteiger partial charge in [-0.2, -0.15) is 0 Å². The molecule has 0 rings (SSSR count). The van der Waals surface area contributed by atoms with Crippen molar-refractivity contribution < 1.29 is 18.5 Å². The third kappa shape index (κ3) is 7.10. The molecule has 0 heterocycles. The van der Waals surface area contributed by atoms with Crippen LogP contribution in [-0.2, 0) is 13.6 Å². The van der Waals surface area contributed by atoms with Crippen molar-refractivity contribution in [3.05, 3.63) is 12.7 Å². The second-order valence-corrected chi connectivity index (χ2v) is 4.47. The average Bonchev–Trinajstić information content (AvgIpc) is 1.98. The van der Waals surface area contributed by atoms with Gasteiger partial charge in [0.2, 0.25) is 0 Å². The van der Waals surface area contributed by atoms with Gasteiger partial charge in [0.1, 0.15) is 4.84 Å². The summed E-state index contributed by atoms with van der Waals surface area (Å²) in [4.78, 5) is 7.99. The van der Waals surface area contributed by atoms with E-state index >= 15 is 0 Å². The van der Waals surface area contributed by atoms with Crippen LogP contribution in [-0.4, -0.2) is 22.9 Å². The highest BCUT2D eigenvalue weighted by molar-refractivity contribution is 7.47. The molecule has 0 saturated carbocycles. The number of hydrogen-bond acceptors (Lipinski definition) is 3. The Labute approximate surface area is 80.7 Å². The molecule has 7 heteroatoms. The maximum atomic E-state index is 10.8. The lowest BCUT2D eigenvalue weighted by atomic mass is 10.7. The zero-order valence-electron chi connectivity index (χ0n) is 6.15. The lowest BCUT2D eigenvalue weighted by molar-refractivity contribution is 0.166. The van der Waals surface area contributed by atoms with Gasteiger partial charge in [0, 0.05) is 0 Å². The first-order valence-corrected chi connectivity index (χ1v) is 5.35. The summed E-state index contributed by atoms with van der Waals surface area (Å²) in [5, 5.41) is 0. The highest BCUT2D eigenvalue weighted by Gasteiger charge is 2.21. The van der Waals surface area contributed by atoms with Gasteiger partial charge >= 0.3 is 7.82 Å². The number of alkyl halides is 2. The first kappa shape index (κ1) is 12.4. The van der Waals surface area contributed by atoms with Crippen molar-refractivity contribution >= 4 is 31.0 Å². The molecular weight excluding hydrogens is 226 g/mol. The number of phosphoric acid groups is 1. The molecule has 1 atom stereocenters. The Morgan fingerprint density at radius 2 is 2.17 bits per heavy atom. The number of rotatable bonds is 6. The van der Waals surface area contributed by atoms with Gasteiger partial charge in [-0.05, 0) is 0 Å². The predicted molar refractivity (Wildman–Crippen MR) is 47.4 cm³/mol. The minimum atomic E-state index is -4.00. The van der Waals surface area contributed by atoms with E-state index in [0.717, 1.165) is 0 Å². The minimum absolute atomic E-state index is 0.0665. The molecule has 0 bridgehead atoms. The standard InChI is InChI=1S/C5H9Cl2O4P/c1-2-3-10-12(8,9)11-4-5(6)7/h2,5H,1,3-4H2,(H,8,9). The molecule has 0 aromatic carbocycles. The van der Waals surface area contributed by atoms with Gasteiger partial charge in [0.15, 0.2) is 0 Å². The van der Waals surface area contributed by atoms with Gasteiger partial charge in [-0.15, -0.1) is 29.8 Å². The van der Waals surface area contributed by atoms with Gasteiger partial charge in [-0.1, -0.05) is 6.08 Å². The summed E-state index contributed by atoms with van der Waals surface area (Å²) in [6, 6.07) is 0. The fourth-order valence-corrected chi connectivity index (χ4v) is 1.34. The summed E-state index contributed by atoms with van der Waals surface area (Å²) in [6.07, 6.45) is 1.32. The van der Waals surface area contributed by atoms with E-state index < -0.39 is 12.7 Å². The second kappa shape index (κ2) is 5.97. The van der Waals surface area contributed by atoms with Crippen LogP contribution in [0, 0.1) is 0 Å². The molecule has 72 valence electrons. The Bertz CT molecular complexity index is 184. The minimum Gasteiger partial charge on any atom is -0.302 e. The van der Waals surface area contributed by atoms with Crippen LogP contribution in [0.2, 0.25) is 0 Å². The van der Waals surface area contributed by atoms with Crippen molar-refractivity contribution in [2.45, 2.75) is 4.84 Å². The zero-order chi connectivity index (χ0) is 9.61. The summed E-state index contributed by atoms with van der Waals surface area (Å²) >= 11 is 10.5. The number of phosphoric ester groups is 1. The lowest BCUT2D eigenvalue weighted by Crippen LogP contribution is -2.02. The van der Waals surface area contributed by atoms with E-state index in [1.54, 1.807) is 0 Å². The Kier molecular flexibility index (Phi) is 6.19. The highest BCUT2D eigenvalue weighted by Crippen LogP contribution is 2.43. The molecule has 0 aliphatic rings. The van der Waals surface area contributed by atoms with E-state index in [2.05, 4.69) is 15.6 Å². The quantitative estimate of drug-likeness (QED) is 0.435. The normalized spacial score (nSPS) is 16.0. The van der Waals surface area contributed by atoms with E-state index in [1.165, 1.54) is 6.08 Å². The molecular formula is C5H9Cl2O4P. The SMILES string of the molecule is C=CCOP(=O)(O)OCC(Cl)Cl. The molecule has 0 amide bonds. The molecule has 0 fully saturated rings. The molecule has 4 nitrogen and oxygen atoms in total. The first-order chi connectivity index (χ1) is 5.48. The van der Waals surface area contributed by atoms with E-state index in [1.807, 2.05) is 0 Å². The van der Waals surface area contributed by atoms with Crippen molar-refractivity contribution in [1.82, 2.24) is 0 Å². The summed E-state index contributed by atoms with van der Waals surface area (Å²) < 4.78 is 19.6. The van der Waals surface area contributed by atoms with E-state index in [9.17, 15) is 4.57 Å². The topological polar surface area (TPSA) is 55.8 Å². The van der Waals surface area contributed by atoms with Crippen molar-refractivity contribution in [2.24, 2.45) is 0 Å². The maximum absolute atomic E-state index is 10.8. The molecule has 0 aliphatic heterocycles. The largest absolute Gasteiger partial charge is 0.472 e. The maximum Gasteiger partial charge on any atom is 0.472 e. The Hall–Kier alpha value is 0.430. The lowest BCUT2D eigenvalue weighted by Gasteiger charge is -2.10. The molecule has 0 saturated heterocycles. The van der Waals surface area contributed by atoms with E-state index in [0.29, 0.717) is 0 Å². The van der Waals surface area contributed by atoms with Crippen LogP contribution in [0.1, 0.15) is 0 Å². The predicted octanol–water partition coefficient (Wildman–Crippen LogP) is 2.11. The Morgan fingerprint density at radius 3 is 2.58 bits per heavy atom. The van der Waals surface area contributed by atoms with Gasteiger partial charge < -0.3 is 4.89 Å². The molecule has 0 aromatic rings. The van der Waals surface area contributed by atoms with Crippen LogP contribution in [0.25, 0.3) is 0 Å². The van der Waals surface area contributed by atoms with Crippen molar-refractivity contribution in [2.75, 3.05) is 13.2 Å². The van der Waals surface area contributed by atoms with Crippen molar-refractivity contribution in [3.63, 3.8) is 0 Å². The van der Waals surface area contributed by atoms with Crippen LogP contribution in [0.3, 0.4) is 0 Å². The molecule has 1 N–H and O–H groups in total. The van der Waals surface area contributed by atoms with E-state index in [-0.39, 0.29) is 13.2 Å². The molecule has 0 aliphatic carbocycles. The number of halogens is 2. The van der Waals surface area contributed by atoms with Gasteiger partial charge in [-0.25, -0.2) is 4.57 Å². The molecule has 0 aromatic heterocycles. The zero-order valence-corrected chi connectivity index (χ0v) is 8.56. The van der Waals surface area contributed by atoms with Gasteiger partial charge in [-0.3, -0.25) is 9.05 Å². The summed E-state index contributed by atoms with van der Waals surface area (Å²) in [5.74, 6) is 0. The summed E-state index contributed by atoms with van der Waals surface area (Å²) in [5.41, 5.74) is 0. The van der Waals surface area contributed by atoms with Crippen LogP contribution >= 0.6 is 31.0 Å². The van der Waals surface area contributed by atoms with Crippen LogP contribution in [0.15, 0.2) is 12.7 Å². The van der Waals surface area contributed by atoms with Crippen molar-refractivity contribution in [3.8, 4) is 0 Å². The van der Waals surface area contributed by atoms with Crippen molar-refractivity contribution in [1.29, 1.82) is 0 Å². The highest BCUT2D eigenvalue weighted by atomic mass is 35.5. The van der Waals surface area contributed by atoms with E-state index in [4.69, 9.17) is 28.1 Å². The number of hydrogen-bond donors (Lipinski definition) is 1. The average molecular weight is 235 g/mol. The molecule has 1 unspecified atom stereocenters. The third-order valence-electron chi connectivity index (χ3n) is 0.719. The fraction of sp³-hybridized carbons (Fsp3) is 0.600. The summed E-state index contributed by atoms with van der Waals surface area (Å²) in [7, 11) is -4.00. The molecule has 0 radical (unpaired) electrons. The first-order valence-electron chi connectivity index (χ1n) is 2.99. The molecule has 0 spiro atoms. The Balaban J connectivity index is 3.71. The van der Waals surface area contributed by atoms with Gasteiger partial charge in [0.25, 0.3) is 0 Å². The van der Waals surface area contributed by atoms with Crippen LogP contribution < -0.4 is 0 Å². The molecule has 12 heavy (non-hydrogen) atoms. The third-order valence-corrected chi connectivity index (χ3v) is 1.92. The van der Waals surface area contributed by atoms with Gasteiger partial charge in [0.05, 0.1) is 13.2 Å². The fourth-order valence-electron chi connectivity index (χ4n) is 0.335. The van der Waals surface area contributed by atoms with Crippen LogP contribution in [0.5, 0.6) is 0 Å². The van der Waals surface area contributed by atoms with Crippen LogP contribution in [0.4, 0.5) is 0 Å².